The van der Waals surface area contributed by atoms with Gasteiger partial charge in [-0.15, -0.1) is 21.8 Å². The summed E-state index contributed by atoms with van der Waals surface area (Å²) < 4.78 is 15.4. The maximum atomic E-state index is 13.3. The minimum atomic E-state index is -0.200. The molecule has 3 nitrogen and oxygen atoms in total. The fourth-order valence-electron chi connectivity index (χ4n) is 2.11. The summed E-state index contributed by atoms with van der Waals surface area (Å²) in [5, 5.41) is 8.31. The number of aromatic nitrogens is 3. The third-order valence-corrected chi connectivity index (χ3v) is 3.45. The van der Waals surface area contributed by atoms with Gasteiger partial charge in [-0.25, -0.2) is 4.39 Å². The Morgan fingerprint density at radius 2 is 2.17 bits per heavy atom. The van der Waals surface area contributed by atoms with Crippen molar-refractivity contribution < 1.29 is 4.39 Å². The maximum absolute atomic E-state index is 13.3. The number of benzene rings is 1. The van der Waals surface area contributed by atoms with Gasteiger partial charge in [-0.2, -0.15) is 0 Å². The Hall–Kier alpha value is -1.42. The standard InChI is InChI=1S/C13H13ClFN3/c1-8-6-9(2-5-11(8)15)13-17-16-12(7-14)18(13)10-3-4-10/h2,5-6,10H,3-4,7H2,1H3. The van der Waals surface area contributed by atoms with Gasteiger partial charge in [-0.3, -0.25) is 0 Å². The molecule has 0 radical (unpaired) electrons. The summed E-state index contributed by atoms with van der Waals surface area (Å²) in [6, 6.07) is 5.46. The molecule has 5 heteroatoms. The van der Waals surface area contributed by atoms with Crippen molar-refractivity contribution >= 4 is 11.6 Å². The molecule has 0 N–H and O–H groups in total. The largest absolute Gasteiger partial charge is 0.307 e. The van der Waals surface area contributed by atoms with Crippen LogP contribution in [0.3, 0.4) is 0 Å². The number of hydrogen-bond donors (Lipinski definition) is 0. The maximum Gasteiger partial charge on any atom is 0.164 e. The Morgan fingerprint density at radius 3 is 2.78 bits per heavy atom. The zero-order chi connectivity index (χ0) is 12.7. The molecule has 2 aromatic rings. The number of halogens is 2. The molecule has 3 rings (SSSR count). The molecule has 1 aliphatic carbocycles. The summed E-state index contributed by atoms with van der Waals surface area (Å²) >= 11 is 5.88. The molecule has 1 aromatic heterocycles. The van der Waals surface area contributed by atoms with E-state index in [1.54, 1.807) is 19.1 Å². The molecule has 18 heavy (non-hydrogen) atoms. The molecule has 1 aliphatic rings. The van der Waals surface area contributed by atoms with Crippen LogP contribution in [0.15, 0.2) is 18.2 Å². The van der Waals surface area contributed by atoms with Crippen LogP contribution in [0.1, 0.15) is 30.3 Å². The fourth-order valence-corrected chi connectivity index (χ4v) is 2.29. The van der Waals surface area contributed by atoms with Crippen LogP contribution in [0.2, 0.25) is 0 Å². The summed E-state index contributed by atoms with van der Waals surface area (Å²) in [6.45, 7) is 1.75. The predicted molar refractivity (Wildman–Crippen MR) is 68.0 cm³/mol. The first-order valence-corrected chi connectivity index (χ1v) is 6.50. The lowest BCUT2D eigenvalue weighted by molar-refractivity contribution is 0.618. The van der Waals surface area contributed by atoms with Crippen molar-refractivity contribution in [3.05, 3.63) is 35.4 Å². The van der Waals surface area contributed by atoms with Crippen molar-refractivity contribution in [3.63, 3.8) is 0 Å². The summed E-state index contributed by atoms with van der Waals surface area (Å²) in [5.41, 5.74) is 1.51. The summed E-state index contributed by atoms with van der Waals surface area (Å²) in [6.07, 6.45) is 2.27. The highest BCUT2D eigenvalue weighted by Crippen LogP contribution is 2.39. The van der Waals surface area contributed by atoms with Crippen LogP contribution in [-0.2, 0) is 5.88 Å². The van der Waals surface area contributed by atoms with E-state index in [2.05, 4.69) is 14.8 Å². The van der Waals surface area contributed by atoms with Crippen LogP contribution in [0.25, 0.3) is 11.4 Å². The highest BCUT2D eigenvalue weighted by molar-refractivity contribution is 6.16. The molecular weight excluding hydrogens is 253 g/mol. The van der Waals surface area contributed by atoms with Crippen LogP contribution in [-0.4, -0.2) is 14.8 Å². The topological polar surface area (TPSA) is 30.7 Å². The van der Waals surface area contributed by atoms with Crippen LogP contribution in [0, 0.1) is 12.7 Å². The molecule has 1 aromatic carbocycles. The average Bonchev–Trinajstić information content (AvgIpc) is 3.12. The van der Waals surface area contributed by atoms with E-state index in [9.17, 15) is 4.39 Å². The van der Waals surface area contributed by atoms with Gasteiger partial charge in [-0.1, -0.05) is 0 Å². The smallest absolute Gasteiger partial charge is 0.164 e. The minimum absolute atomic E-state index is 0.200. The molecule has 0 aliphatic heterocycles. The molecule has 0 saturated heterocycles. The second kappa shape index (κ2) is 4.35. The normalized spacial score (nSPS) is 15.1. The van der Waals surface area contributed by atoms with Gasteiger partial charge in [0.05, 0.1) is 5.88 Å². The molecule has 0 bridgehead atoms. The van der Waals surface area contributed by atoms with Crippen molar-refractivity contribution in [1.82, 2.24) is 14.8 Å². The summed E-state index contributed by atoms with van der Waals surface area (Å²) in [7, 11) is 0. The lowest BCUT2D eigenvalue weighted by atomic mass is 10.1. The molecule has 1 heterocycles. The number of alkyl halides is 1. The van der Waals surface area contributed by atoms with E-state index < -0.39 is 0 Å². The van der Waals surface area contributed by atoms with Crippen molar-refractivity contribution in [3.8, 4) is 11.4 Å². The first kappa shape index (κ1) is 11.7. The van der Waals surface area contributed by atoms with Crippen LogP contribution in [0.4, 0.5) is 4.39 Å². The monoisotopic (exact) mass is 265 g/mol. The lowest BCUT2D eigenvalue weighted by Gasteiger charge is -2.08. The second-order valence-electron chi connectivity index (χ2n) is 4.64. The molecule has 0 spiro atoms. The van der Waals surface area contributed by atoms with Gasteiger partial charge in [0.15, 0.2) is 5.82 Å². The van der Waals surface area contributed by atoms with E-state index in [4.69, 9.17) is 11.6 Å². The van der Waals surface area contributed by atoms with E-state index in [1.807, 2.05) is 0 Å². The number of hydrogen-bond acceptors (Lipinski definition) is 2. The van der Waals surface area contributed by atoms with Crippen molar-refractivity contribution in [1.29, 1.82) is 0 Å². The van der Waals surface area contributed by atoms with Gasteiger partial charge in [-0.05, 0) is 43.5 Å². The lowest BCUT2D eigenvalue weighted by Crippen LogP contribution is -2.02. The molecule has 1 fully saturated rings. The number of aryl methyl sites for hydroxylation is 1. The fraction of sp³-hybridized carbons (Fsp3) is 0.385. The van der Waals surface area contributed by atoms with Crippen molar-refractivity contribution in [2.24, 2.45) is 0 Å². The quantitative estimate of drug-likeness (QED) is 0.796. The first-order valence-electron chi connectivity index (χ1n) is 5.97. The Balaban J connectivity index is 2.10. The number of nitrogens with zero attached hydrogens (tertiary/aromatic N) is 3. The van der Waals surface area contributed by atoms with Gasteiger partial charge in [0.1, 0.15) is 11.6 Å². The minimum Gasteiger partial charge on any atom is -0.307 e. The Kier molecular flexibility index (Phi) is 2.82. The molecule has 1 saturated carbocycles. The predicted octanol–water partition coefficient (Wildman–Crippen LogP) is 3.47. The zero-order valence-corrected chi connectivity index (χ0v) is 10.8. The third-order valence-electron chi connectivity index (χ3n) is 3.21. The van der Waals surface area contributed by atoms with E-state index in [0.717, 1.165) is 30.1 Å². The number of rotatable bonds is 3. The van der Waals surface area contributed by atoms with Crippen LogP contribution < -0.4 is 0 Å². The van der Waals surface area contributed by atoms with Gasteiger partial charge in [0.2, 0.25) is 0 Å². The molecule has 0 unspecified atom stereocenters. The van der Waals surface area contributed by atoms with Crippen molar-refractivity contribution in [2.45, 2.75) is 31.7 Å². The Bertz CT molecular complexity index is 590. The van der Waals surface area contributed by atoms with Crippen LogP contribution in [0.5, 0.6) is 0 Å². The average molecular weight is 266 g/mol. The van der Waals surface area contributed by atoms with E-state index in [-0.39, 0.29) is 5.82 Å². The van der Waals surface area contributed by atoms with E-state index in [1.165, 1.54) is 6.07 Å². The van der Waals surface area contributed by atoms with Gasteiger partial charge >= 0.3 is 0 Å². The zero-order valence-electron chi connectivity index (χ0n) is 10.0. The summed E-state index contributed by atoms with van der Waals surface area (Å²) in [4.78, 5) is 0. The highest BCUT2D eigenvalue weighted by Gasteiger charge is 2.29. The Labute approximate surface area is 110 Å². The SMILES string of the molecule is Cc1cc(-c2nnc(CCl)n2C2CC2)ccc1F. The first-order chi connectivity index (χ1) is 8.70. The molecule has 94 valence electrons. The van der Waals surface area contributed by atoms with Gasteiger partial charge in [0.25, 0.3) is 0 Å². The molecule has 0 atom stereocenters. The Morgan fingerprint density at radius 1 is 1.39 bits per heavy atom. The van der Waals surface area contributed by atoms with Gasteiger partial charge < -0.3 is 4.57 Å². The van der Waals surface area contributed by atoms with E-state index in [0.29, 0.717) is 17.5 Å². The second-order valence-corrected chi connectivity index (χ2v) is 4.91. The third kappa shape index (κ3) is 1.90. The van der Waals surface area contributed by atoms with Crippen molar-refractivity contribution in [2.75, 3.05) is 0 Å². The molecule has 0 amide bonds. The van der Waals surface area contributed by atoms with E-state index >= 15 is 0 Å². The molecular formula is C13H13ClFN3. The van der Waals surface area contributed by atoms with Crippen LogP contribution >= 0.6 is 11.6 Å². The summed E-state index contributed by atoms with van der Waals surface area (Å²) in [5.74, 6) is 1.73. The van der Waals surface area contributed by atoms with Gasteiger partial charge in [0, 0.05) is 11.6 Å². The highest BCUT2D eigenvalue weighted by atomic mass is 35.5.